The molecule has 0 saturated heterocycles. The minimum atomic E-state index is -0.0160. The fraction of sp³-hybridized carbons (Fsp3) is 0.533. The molecule has 18 heavy (non-hydrogen) atoms. The molecule has 1 aromatic carbocycles. The number of amides is 1. The predicted octanol–water partition coefficient (Wildman–Crippen LogP) is 3.25. The van der Waals surface area contributed by atoms with Crippen molar-refractivity contribution in [2.75, 3.05) is 13.2 Å². The van der Waals surface area contributed by atoms with Gasteiger partial charge in [-0.25, -0.2) is 0 Å². The van der Waals surface area contributed by atoms with Gasteiger partial charge in [0.05, 0.1) is 6.61 Å². The van der Waals surface area contributed by atoms with Crippen molar-refractivity contribution in [1.82, 2.24) is 5.32 Å². The van der Waals surface area contributed by atoms with Crippen LogP contribution in [0.1, 0.15) is 44.0 Å². The Morgan fingerprint density at radius 2 is 1.94 bits per heavy atom. The van der Waals surface area contributed by atoms with Crippen molar-refractivity contribution >= 4 is 5.91 Å². The summed E-state index contributed by atoms with van der Waals surface area (Å²) in [5.41, 5.74) is 0.683. The SMILES string of the molecule is CCCOc1ccc(C(=O)NCCC(C)C)cc1. The lowest BCUT2D eigenvalue weighted by molar-refractivity contribution is 0.0952. The van der Waals surface area contributed by atoms with E-state index in [9.17, 15) is 4.79 Å². The Morgan fingerprint density at radius 3 is 2.50 bits per heavy atom. The number of nitrogens with one attached hydrogen (secondary N) is 1. The molecule has 0 radical (unpaired) electrons. The van der Waals surface area contributed by atoms with E-state index in [2.05, 4.69) is 26.1 Å². The van der Waals surface area contributed by atoms with E-state index in [1.165, 1.54) is 0 Å². The summed E-state index contributed by atoms with van der Waals surface area (Å²) < 4.78 is 5.47. The van der Waals surface area contributed by atoms with Crippen LogP contribution in [-0.2, 0) is 0 Å². The second-order valence-electron chi connectivity index (χ2n) is 4.81. The van der Waals surface area contributed by atoms with Crippen molar-refractivity contribution in [3.63, 3.8) is 0 Å². The molecule has 0 saturated carbocycles. The Kier molecular flexibility index (Phi) is 6.26. The van der Waals surface area contributed by atoms with Crippen LogP contribution in [0.15, 0.2) is 24.3 Å². The zero-order valence-electron chi connectivity index (χ0n) is 11.5. The van der Waals surface area contributed by atoms with Crippen LogP contribution in [-0.4, -0.2) is 19.1 Å². The number of ether oxygens (including phenoxy) is 1. The number of benzene rings is 1. The molecular formula is C15H23NO2. The van der Waals surface area contributed by atoms with Gasteiger partial charge in [-0.15, -0.1) is 0 Å². The maximum Gasteiger partial charge on any atom is 0.251 e. The highest BCUT2D eigenvalue weighted by Gasteiger charge is 2.05. The van der Waals surface area contributed by atoms with Crippen molar-refractivity contribution in [3.05, 3.63) is 29.8 Å². The van der Waals surface area contributed by atoms with E-state index in [0.717, 1.165) is 25.1 Å². The van der Waals surface area contributed by atoms with Crippen LogP contribution in [0, 0.1) is 5.92 Å². The van der Waals surface area contributed by atoms with Gasteiger partial charge in [0, 0.05) is 12.1 Å². The molecule has 0 aliphatic rings. The maximum absolute atomic E-state index is 11.8. The number of rotatable bonds is 7. The number of hydrogen-bond acceptors (Lipinski definition) is 2. The molecule has 0 unspecified atom stereocenters. The van der Waals surface area contributed by atoms with Crippen molar-refractivity contribution in [2.45, 2.75) is 33.6 Å². The number of carbonyl (C=O) groups is 1. The first-order valence-electron chi connectivity index (χ1n) is 6.64. The standard InChI is InChI=1S/C15H23NO2/c1-4-11-18-14-7-5-13(6-8-14)15(17)16-10-9-12(2)3/h5-8,12H,4,9-11H2,1-3H3,(H,16,17). The van der Waals surface area contributed by atoms with E-state index in [4.69, 9.17) is 4.74 Å². The van der Waals surface area contributed by atoms with Crippen molar-refractivity contribution in [1.29, 1.82) is 0 Å². The van der Waals surface area contributed by atoms with Crippen molar-refractivity contribution < 1.29 is 9.53 Å². The third-order valence-electron chi connectivity index (χ3n) is 2.60. The normalized spacial score (nSPS) is 10.4. The predicted molar refractivity (Wildman–Crippen MR) is 74.0 cm³/mol. The van der Waals surface area contributed by atoms with Gasteiger partial charge in [0.15, 0.2) is 0 Å². The highest BCUT2D eigenvalue weighted by Crippen LogP contribution is 2.12. The molecule has 1 aromatic rings. The van der Waals surface area contributed by atoms with E-state index in [-0.39, 0.29) is 5.91 Å². The largest absolute Gasteiger partial charge is 0.494 e. The van der Waals surface area contributed by atoms with Crippen molar-refractivity contribution in [3.8, 4) is 5.75 Å². The van der Waals surface area contributed by atoms with Gasteiger partial charge in [-0.2, -0.15) is 0 Å². The molecule has 0 aromatic heterocycles. The van der Waals surface area contributed by atoms with Crippen LogP contribution in [0.5, 0.6) is 5.75 Å². The summed E-state index contributed by atoms with van der Waals surface area (Å²) in [6.45, 7) is 7.79. The summed E-state index contributed by atoms with van der Waals surface area (Å²) in [4.78, 5) is 11.8. The molecule has 0 spiro atoms. The summed E-state index contributed by atoms with van der Waals surface area (Å²) in [6.07, 6.45) is 1.99. The molecule has 0 aliphatic carbocycles. The van der Waals surface area contributed by atoms with Crippen LogP contribution in [0.4, 0.5) is 0 Å². The highest BCUT2D eigenvalue weighted by atomic mass is 16.5. The first kappa shape index (κ1) is 14.6. The molecule has 0 heterocycles. The van der Waals surface area contributed by atoms with Gasteiger partial charge in [-0.3, -0.25) is 4.79 Å². The fourth-order valence-corrected chi connectivity index (χ4v) is 1.50. The van der Waals surface area contributed by atoms with E-state index < -0.39 is 0 Å². The van der Waals surface area contributed by atoms with Gasteiger partial charge < -0.3 is 10.1 Å². The molecule has 3 heteroatoms. The zero-order chi connectivity index (χ0) is 13.4. The molecule has 100 valence electrons. The average Bonchev–Trinajstić information content (AvgIpc) is 2.36. The molecular weight excluding hydrogens is 226 g/mol. The average molecular weight is 249 g/mol. The molecule has 1 amide bonds. The molecule has 0 atom stereocenters. The topological polar surface area (TPSA) is 38.3 Å². The Labute approximate surface area is 110 Å². The van der Waals surface area contributed by atoms with E-state index in [0.29, 0.717) is 18.1 Å². The third-order valence-corrected chi connectivity index (χ3v) is 2.60. The second-order valence-corrected chi connectivity index (χ2v) is 4.81. The summed E-state index contributed by atoms with van der Waals surface area (Å²) in [6, 6.07) is 7.28. The second kappa shape index (κ2) is 7.75. The van der Waals surface area contributed by atoms with Crippen LogP contribution in [0.25, 0.3) is 0 Å². The monoisotopic (exact) mass is 249 g/mol. The minimum Gasteiger partial charge on any atom is -0.494 e. The summed E-state index contributed by atoms with van der Waals surface area (Å²) in [5, 5.41) is 2.91. The van der Waals surface area contributed by atoms with Crippen LogP contribution < -0.4 is 10.1 Å². The fourth-order valence-electron chi connectivity index (χ4n) is 1.50. The Morgan fingerprint density at radius 1 is 1.28 bits per heavy atom. The van der Waals surface area contributed by atoms with Gasteiger partial charge >= 0.3 is 0 Å². The zero-order valence-corrected chi connectivity index (χ0v) is 11.5. The van der Waals surface area contributed by atoms with E-state index >= 15 is 0 Å². The van der Waals surface area contributed by atoms with E-state index in [1.54, 1.807) is 12.1 Å². The van der Waals surface area contributed by atoms with Crippen molar-refractivity contribution in [2.24, 2.45) is 5.92 Å². The Hall–Kier alpha value is -1.51. The van der Waals surface area contributed by atoms with Crippen LogP contribution >= 0.6 is 0 Å². The summed E-state index contributed by atoms with van der Waals surface area (Å²) >= 11 is 0. The molecule has 1 N–H and O–H groups in total. The van der Waals surface area contributed by atoms with Crippen LogP contribution in [0.2, 0.25) is 0 Å². The molecule has 0 bridgehead atoms. The smallest absolute Gasteiger partial charge is 0.251 e. The van der Waals surface area contributed by atoms with Gasteiger partial charge in [0.2, 0.25) is 0 Å². The summed E-state index contributed by atoms with van der Waals surface area (Å²) in [5.74, 6) is 1.41. The molecule has 3 nitrogen and oxygen atoms in total. The molecule has 1 rings (SSSR count). The van der Waals surface area contributed by atoms with Gasteiger partial charge in [-0.05, 0) is 43.0 Å². The highest BCUT2D eigenvalue weighted by molar-refractivity contribution is 5.94. The van der Waals surface area contributed by atoms with Gasteiger partial charge in [0.1, 0.15) is 5.75 Å². The number of carbonyl (C=O) groups excluding carboxylic acids is 1. The lowest BCUT2D eigenvalue weighted by Gasteiger charge is -2.08. The lowest BCUT2D eigenvalue weighted by Crippen LogP contribution is -2.25. The quantitative estimate of drug-likeness (QED) is 0.805. The van der Waals surface area contributed by atoms with Crippen LogP contribution in [0.3, 0.4) is 0 Å². The van der Waals surface area contributed by atoms with Gasteiger partial charge in [-0.1, -0.05) is 20.8 Å². The number of hydrogen-bond donors (Lipinski definition) is 1. The first-order chi connectivity index (χ1) is 8.63. The first-order valence-corrected chi connectivity index (χ1v) is 6.64. The molecule has 0 aliphatic heterocycles. The lowest BCUT2D eigenvalue weighted by atomic mass is 10.1. The van der Waals surface area contributed by atoms with Gasteiger partial charge in [0.25, 0.3) is 5.91 Å². The Balaban J connectivity index is 2.43. The third kappa shape index (κ3) is 5.21. The summed E-state index contributed by atoms with van der Waals surface area (Å²) in [7, 11) is 0. The van der Waals surface area contributed by atoms with E-state index in [1.807, 2.05) is 12.1 Å². The Bertz CT molecular complexity index is 357. The molecule has 0 fully saturated rings. The minimum absolute atomic E-state index is 0.0160. The maximum atomic E-state index is 11.8.